The third-order valence-electron chi connectivity index (χ3n) is 6.10. The number of nitrogens with zero attached hydrogens (tertiary/aromatic N) is 6. The molecule has 1 amide bonds. The van der Waals surface area contributed by atoms with E-state index in [-0.39, 0.29) is 16.9 Å². The maximum Gasteiger partial charge on any atom is 0.267 e. The highest BCUT2D eigenvalue weighted by Crippen LogP contribution is 2.23. The van der Waals surface area contributed by atoms with E-state index in [1.165, 1.54) is 17.0 Å². The second-order valence-corrected chi connectivity index (χ2v) is 10.2. The fourth-order valence-corrected chi connectivity index (χ4v) is 5.05. The van der Waals surface area contributed by atoms with Crippen LogP contribution in [0.4, 0.5) is 11.6 Å². The Hall–Kier alpha value is -5.34. The number of primary amides is 1. The number of fused-ring (bicyclic) bond motifs is 1. The molecule has 3 heterocycles. The molecule has 0 radical (unpaired) electrons. The Kier molecular flexibility index (Phi) is 9.09. The number of carbonyl (C=O) groups is 1. The predicted octanol–water partition coefficient (Wildman–Crippen LogP) is 4.41. The van der Waals surface area contributed by atoms with E-state index in [1.807, 2.05) is 69.3 Å². The van der Waals surface area contributed by atoms with Crippen molar-refractivity contribution in [3.63, 3.8) is 0 Å². The van der Waals surface area contributed by atoms with Gasteiger partial charge in [-0.1, -0.05) is 49.8 Å². The molecule has 5 aromatic rings. The van der Waals surface area contributed by atoms with E-state index in [0.717, 1.165) is 27.1 Å². The van der Waals surface area contributed by atoms with Gasteiger partial charge in [-0.3, -0.25) is 14.2 Å². The van der Waals surface area contributed by atoms with Crippen LogP contribution in [0.3, 0.4) is 0 Å². The van der Waals surface area contributed by atoms with Crippen molar-refractivity contribution < 1.29 is 4.79 Å². The third kappa shape index (κ3) is 6.19. The van der Waals surface area contributed by atoms with Crippen LogP contribution >= 0.6 is 11.3 Å². The summed E-state index contributed by atoms with van der Waals surface area (Å²) in [7, 11) is 1.62. The molecular weight excluding hydrogens is 548 g/mol. The van der Waals surface area contributed by atoms with Crippen molar-refractivity contribution in [2.24, 2.45) is 17.8 Å². The quantitative estimate of drug-likeness (QED) is 0.233. The van der Waals surface area contributed by atoms with Crippen molar-refractivity contribution in [1.29, 1.82) is 0 Å². The lowest BCUT2D eigenvalue weighted by molar-refractivity contribution is 0.100. The number of para-hydroxylation sites is 1. The third-order valence-corrected chi connectivity index (χ3v) is 7.09. The van der Waals surface area contributed by atoms with Gasteiger partial charge in [-0.05, 0) is 44.0 Å². The Morgan fingerprint density at radius 1 is 1.12 bits per heavy atom. The van der Waals surface area contributed by atoms with Crippen molar-refractivity contribution in [3.8, 4) is 17.5 Å². The maximum absolute atomic E-state index is 13.5. The Morgan fingerprint density at radius 2 is 1.86 bits per heavy atom. The molecule has 0 unspecified atom stereocenters. The number of allylic oxidation sites excluding steroid dienone is 1. The summed E-state index contributed by atoms with van der Waals surface area (Å²) in [6.45, 7) is 9.39. The molecular formula is C31H30N8O2S. The number of hydrogen-bond donors (Lipinski definition) is 2. The highest BCUT2D eigenvalue weighted by atomic mass is 32.1. The number of hydrogen-bond acceptors (Lipinski definition) is 8. The average Bonchev–Trinajstić information content (AvgIpc) is 3.45. The van der Waals surface area contributed by atoms with Gasteiger partial charge < -0.3 is 11.5 Å². The lowest BCUT2D eigenvalue weighted by Gasteiger charge is -2.13. The van der Waals surface area contributed by atoms with Crippen molar-refractivity contribution in [2.75, 3.05) is 5.73 Å². The van der Waals surface area contributed by atoms with Crippen LogP contribution in [0.1, 0.15) is 44.2 Å². The molecule has 0 atom stereocenters. The molecule has 0 spiro atoms. The maximum atomic E-state index is 13.5. The number of carbonyl (C=O) groups excluding carboxylic acids is 1. The predicted molar refractivity (Wildman–Crippen MR) is 169 cm³/mol. The number of nitrogen functional groups attached to an aromatic ring is 1. The molecule has 10 nitrogen and oxygen atoms in total. The van der Waals surface area contributed by atoms with Crippen molar-refractivity contribution >= 4 is 46.0 Å². The number of aliphatic imine (C=N–C) groups is 1. The Morgan fingerprint density at radius 3 is 2.48 bits per heavy atom. The van der Waals surface area contributed by atoms with Gasteiger partial charge >= 0.3 is 0 Å². The summed E-state index contributed by atoms with van der Waals surface area (Å²) in [4.78, 5) is 38.5. The molecule has 0 bridgehead atoms. The number of aryl methyl sites for hydroxylation is 4. The minimum Gasteiger partial charge on any atom is -0.381 e. The molecule has 0 fully saturated rings. The minimum absolute atomic E-state index is 0.0798. The summed E-state index contributed by atoms with van der Waals surface area (Å²) in [5.41, 5.74) is 13.8. The lowest BCUT2D eigenvalue weighted by atomic mass is 10.1. The zero-order valence-electron chi connectivity index (χ0n) is 23.8. The number of benzene rings is 2. The summed E-state index contributed by atoms with van der Waals surface area (Å²) >= 11 is 1.57. The molecule has 3 aromatic heterocycles. The number of anilines is 1. The average molecular weight is 579 g/mol. The topological polar surface area (TPSA) is 147 Å². The van der Waals surface area contributed by atoms with Crippen LogP contribution in [0.2, 0.25) is 0 Å². The highest BCUT2D eigenvalue weighted by Gasteiger charge is 2.17. The zero-order valence-corrected chi connectivity index (χ0v) is 24.6. The van der Waals surface area contributed by atoms with E-state index >= 15 is 0 Å². The Bertz CT molecular complexity index is 1940. The van der Waals surface area contributed by atoms with Crippen molar-refractivity contribution in [3.05, 3.63) is 104 Å². The first-order valence-electron chi connectivity index (χ1n) is 13.0. The van der Waals surface area contributed by atoms with Gasteiger partial charge in [0.25, 0.3) is 11.5 Å². The first-order chi connectivity index (χ1) is 20.2. The van der Waals surface area contributed by atoms with Crippen LogP contribution in [0.15, 0.2) is 71.0 Å². The number of rotatable bonds is 5. The number of amides is 1. The van der Waals surface area contributed by atoms with Crippen LogP contribution in [-0.2, 0) is 13.5 Å². The van der Waals surface area contributed by atoms with E-state index in [9.17, 15) is 9.59 Å². The molecule has 0 saturated heterocycles. The molecule has 5 rings (SSSR count). The normalized spacial score (nSPS) is 10.7. The van der Waals surface area contributed by atoms with Crippen LogP contribution in [0.5, 0.6) is 0 Å². The largest absolute Gasteiger partial charge is 0.381 e. The summed E-state index contributed by atoms with van der Waals surface area (Å²) in [5, 5.41) is 5.37. The summed E-state index contributed by atoms with van der Waals surface area (Å²) in [6.07, 6.45) is 3.58. The van der Waals surface area contributed by atoms with E-state index in [0.29, 0.717) is 28.7 Å². The summed E-state index contributed by atoms with van der Waals surface area (Å²) in [6, 6.07) is 15.3. The van der Waals surface area contributed by atoms with Gasteiger partial charge in [0.2, 0.25) is 0 Å². The second-order valence-electron chi connectivity index (χ2n) is 9.04. The molecule has 11 heteroatoms. The first-order valence-corrected chi connectivity index (χ1v) is 13.8. The van der Waals surface area contributed by atoms with Crippen LogP contribution in [0, 0.1) is 25.7 Å². The summed E-state index contributed by atoms with van der Waals surface area (Å²) < 4.78 is 3.07. The second kappa shape index (κ2) is 12.9. The van der Waals surface area contributed by atoms with Crippen LogP contribution < -0.4 is 17.0 Å². The fraction of sp³-hybridized carbons (Fsp3) is 0.161. The number of aromatic nitrogens is 5. The minimum atomic E-state index is -0.646. The fourth-order valence-electron chi connectivity index (χ4n) is 4.28. The first kappa shape index (κ1) is 29.6. The Labute approximate surface area is 247 Å². The molecule has 212 valence electrons. The van der Waals surface area contributed by atoms with Gasteiger partial charge in [0.05, 0.1) is 27.3 Å². The lowest BCUT2D eigenvalue weighted by Crippen LogP contribution is -2.24. The Balaban J connectivity index is 0.000000244. The van der Waals surface area contributed by atoms with E-state index in [4.69, 9.17) is 16.5 Å². The van der Waals surface area contributed by atoms with Crippen LogP contribution in [0.25, 0.3) is 16.6 Å². The van der Waals surface area contributed by atoms with Crippen LogP contribution in [-0.4, -0.2) is 36.4 Å². The zero-order chi connectivity index (χ0) is 30.4. The van der Waals surface area contributed by atoms with Gasteiger partial charge in [-0.2, -0.15) is 5.10 Å². The molecule has 0 aliphatic heterocycles. The van der Waals surface area contributed by atoms with Gasteiger partial charge in [-0.25, -0.2) is 19.6 Å². The highest BCUT2D eigenvalue weighted by molar-refractivity contribution is 7.12. The standard InChI is InChI=1S/C23H19N3OS.C8H11N5O/c1-4-21-25-19-12-8-9-17(13-14-20-15(2)24-16(3)28-20)22(19)23(27)26(21)18-10-6-5-7-11-18;1-3-4-11-8-5(7(10)14)6(9)12-13(8)2/h5-12H,4H2,1-3H3;3-4H,1H2,2H3,(H2,9,12)(H2,10,14)/b;11-4-. The van der Waals surface area contributed by atoms with E-state index < -0.39 is 5.91 Å². The molecule has 0 saturated carbocycles. The van der Waals surface area contributed by atoms with Gasteiger partial charge in [0.1, 0.15) is 16.3 Å². The number of nitrogens with two attached hydrogens (primary N) is 2. The molecule has 0 aliphatic carbocycles. The van der Waals surface area contributed by atoms with Gasteiger partial charge in [0.15, 0.2) is 11.6 Å². The molecule has 0 aliphatic rings. The van der Waals surface area contributed by atoms with Crippen molar-refractivity contribution in [1.82, 2.24) is 24.3 Å². The van der Waals surface area contributed by atoms with Gasteiger partial charge in [-0.15, -0.1) is 11.3 Å². The van der Waals surface area contributed by atoms with Gasteiger partial charge in [0, 0.05) is 25.2 Å². The SMILES string of the molecule is C=C/C=N\c1c(C(N)=O)c(N)nn1C.CCc1nc2cccc(C#Cc3sc(C)nc3C)c2c(=O)n1-c1ccccc1. The van der Waals surface area contributed by atoms with E-state index in [2.05, 4.69) is 33.5 Å². The summed E-state index contributed by atoms with van der Waals surface area (Å²) in [5.74, 6) is 6.87. The smallest absolute Gasteiger partial charge is 0.267 e. The van der Waals surface area contributed by atoms with E-state index in [1.54, 1.807) is 23.0 Å². The molecule has 2 aromatic carbocycles. The van der Waals surface area contributed by atoms with Crippen molar-refractivity contribution in [2.45, 2.75) is 27.2 Å². The monoisotopic (exact) mass is 578 g/mol. The molecule has 42 heavy (non-hydrogen) atoms. The molecule has 4 N–H and O–H groups in total. The number of thiazole rings is 1.